The van der Waals surface area contributed by atoms with Gasteiger partial charge in [-0.05, 0) is 56.3 Å². The summed E-state index contributed by atoms with van der Waals surface area (Å²) in [5.41, 5.74) is 1.24. The van der Waals surface area contributed by atoms with Gasteiger partial charge in [-0.3, -0.25) is 9.36 Å². The number of rotatable bonds is 9. The molecule has 0 radical (unpaired) electrons. The Bertz CT molecular complexity index is 1300. The fraction of sp³-hybridized carbons (Fsp3) is 0.192. The Morgan fingerprint density at radius 1 is 0.971 bits per heavy atom. The molecule has 0 spiro atoms. The number of nitrogens with zero attached hydrogens (tertiary/aromatic N) is 3. The number of benzene rings is 3. The van der Waals surface area contributed by atoms with E-state index in [1.165, 1.54) is 23.9 Å². The van der Waals surface area contributed by atoms with E-state index in [4.69, 9.17) is 9.47 Å². The van der Waals surface area contributed by atoms with E-state index in [1.54, 1.807) is 32.2 Å². The van der Waals surface area contributed by atoms with Crippen LogP contribution in [0.15, 0.2) is 84.0 Å². The molecule has 0 fully saturated rings. The molecule has 35 heavy (non-hydrogen) atoms. The number of ether oxygens (including phenoxy) is 2. The summed E-state index contributed by atoms with van der Waals surface area (Å²) in [7, 11) is 1.60. The zero-order valence-electron chi connectivity index (χ0n) is 19.5. The smallest absolute Gasteiger partial charge is 0.237 e. The summed E-state index contributed by atoms with van der Waals surface area (Å²) in [6.45, 7) is 3.65. The Morgan fingerprint density at radius 2 is 1.71 bits per heavy atom. The van der Waals surface area contributed by atoms with Gasteiger partial charge in [0.15, 0.2) is 17.1 Å². The number of nitrogens with one attached hydrogen (secondary N) is 1. The predicted molar refractivity (Wildman–Crippen MR) is 134 cm³/mol. The molecule has 0 aliphatic rings. The number of aromatic nitrogens is 3. The minimum atomic E-state index is -0.521. The molecule has 2 atom stereocenters. The number of hydrogen-bond acceptors (Lipinski definition) is 6. The van der Waals surface area contributed by atoms with Crippen LogP contribution in [0, 0.1) is 5.82 Å². The van der Waals surface area contributed by atoms with Crippen LogP contribution >= 0.6 is 11.8 Å². The number of anilines is 1. The van der Waals surface area contributed by atoms with E-state index >= 15 is 0 Å². The van der Waals surface area contributed by atoms with E-state index in [9.17, 15) is 9.18 Å². The molecule has 0 saturated heterocycles. The van der Waals surface area contributed by atoms with E-state index in [2.05, 4.69) is 15.5 Å². The number of carbonyl (C=O) groups is 1. The molecule has 7 nitrogen and oxygen atoms in total. The van der Waals surface area contributed by atoms with E-state index in [1.807, 2.05) is 60.0 Å². The van der Waals surface area contributed by atoms with Crippen molar-refractivity contribution in [3.05, 3.63) is 90.5 Å². The molecule has 2 unspecified atom stereocenters. The fourth-order valence-corrected chi connectivity index (χ4v) is 4.27. The first-order chi connectivity index (χ1) is 16.9. The van der Waals surface area contributed by atoms with E-state index in [0.29, 0.717) is 28.2 Å². The predicted octanol–water partition coefficient (Wildman–Crippen LogP) is 5.67. The minimum Gasteiger partial charge on any atom is -0.497 e. The van der Waals surface area contributed by atoms with E-state index in [0.717, 1.165) is 5.69 Å². The summed E-state index contributed by atoms with van der Waals surface area (Å²) >= 11 is 1.26. The van der Waals surface area contributed by atoms with Crippen molar-refractivity contribution in [2.24, 2.45) is 0 Å². The molecule has 180 valence electrons. The molecule has 0 aliphatic heterocycles. The Balaban J connectivity index is 1.58. The van der Waals surface area contributed by atoms with Crippen molar-refractivity contribution >= 4 is 23.4 Å². The highest BCUT2D eigenvalue weighted by Crippen LogP contribution is 2.31. The maximum absolute atomic E-state index is 13.5. The van der Waals surface area contributed by atoms with Crippen LogP contribution in [0.25, 0.3) is 5.69 Å². The molecule has 3 aromatic carbocycles. The number of halogens is 1. The average molecular weight is 493 g/mol. The zero-order chi connectivity index (χ0) is 24.8. The second kappa shape index (κ2) is 11.1. The first-order valence-electron chi connectivity index (χ1n) is 11.0. The van der Waals surface area contributed by atoms with Crippen LogP contribution in [0.3, 0.4) is 0 Å². The Hall–Kier alpha value is -3.85. The third kappa shape index (κ3) is 5.99. The van der Waals surface area contributed by atoms with Crippen molar-refractivity contribution in [2.45, 2.75) is 30.4 Å². The SMILES string of the molecule is COc1cccc(OC(C)c2nnc(SC(C)C(=O)Nc3cccc(F)c3)n2-c2ccccc2)c1. The van der Waals surface area contributed by atoms with E-state index < -0.39 is 17.2 Å². The molecule has 1 aromatic heterocycles. The summed E-state index contributed by atoms with van der Waals surface area (Å²) < 4.78 is 26.8. The zero-order valence-corrected chi connectivity index (χ0v) is 20.3. The number of hydrogen-bond donors (Lipinski definition) is 1. The second-order valence-corrected chi connectivity index (χ2v) is 9.02. The number of thioether (sulfide) groups is 1. The van der Waals surface area contributed by atoms with Gasteiger partial charge in [-0.1, -0.05) is 42.1 Å². The van der Waals surface area contributed by atoms with Crippen LogP contribution in [-0.4, -0.2) is 33.0 Å². The summed E-state index contributed by atoms with van der Waals surface area (Å²) in [6, 6.07) is 22.8. The number of carbonyl (C=O) groups excluding carboxylic acids is 1. The van der Waals surface area contributed by atoms with Crippen molar-refractivity contribution in [1.82, 2.24) is 14.8 Å². The largest absolute Gasteiger partial charge is 0.497 e. The van der Waals surface area contributed by atoms with Gasteiger partial charge < -0.3 is 14.8 Å². The molecule has 1 amide bonds. The maximum Gasteiger partial charge on any atom is 0.237 e. The van der Waals surface area contributed by atoms with Crippen LogP contribution < -0.4 is 14.8 Å². The maximum atomic E-state index is 13.5. The normalized spacial score (nSPS) is 12.6. The van der Waals surface area contributed by atoms with Crippen molar-refractivity contribution in [2.75, 3.05) is 12.4 Å². The van der Waals surface area contributed by atoms with Gasteiger partial charge in [0, 0.05) is 17.4 Å². The van der Waals surface area contributed by atoms with Gasteiger partial charge in [-0.2, -0.15) is 0 Å². The minimum absolute atomic E-state index is 0.273. The Kier molecular flexibility index (Phi) is 7.67. The average Bonchev–Trinajstić information content (AvgIpc) is 3.28. The summed E-state index contributed by atoms with van der Waals surface area (Å²) in [5, 5.41) is 11.5. The lowest BCUT2D eigenvalue weighted by molar-refractivity contribution is -0.115. The fourth-order valence-electron chi connectivity index (χ4n) is 3.39. The summed E-state index contributed by atoms with van der Waals surface area (Å²) in [4.78, 5) is 12.8. The number of methoxy groups -OCH3 is 1. The molecule has 4 aromatic rings. The van der Waals surface area contributed by atoms with Crippen LogP contribution in [0.4, 0.5) is 10.1 Å². The second-order valence-electron chi connectivity index (χ2n) is 7.71. The third-order valence-electron chi connectivity index (χ3n) is 5.13. The quantitative estimate of drug-likeness (QED) is 0.303. The Labute approximate surface area is 207 Å². The molecule has 4 rings (SSSR count). The standard InChI is InChI=1S/C26H25FN4O3S/c1-17(34-23-14-8-13-22(16-23)33-3)24-29-30-26(31(24)21-11-5-4-6-12-21)35-18(2)25(32)28-20-10-7-9-19(27)15-20/h4-18H,1-3H3,(H,28,32). The highest BCUT2D eigenvalue weighted by molar-refractivity contribution is 8.00. The van der Waals surface area contributed by atoms with Gasteiger partial charge in [0.1, 0.15) is 17.3 Å². The molecule has 0 aliphatic carbocycles. The number of amides is 1. The van der Waals surface area contributed by atoms with Gasteiger partial charge in [0.2, 0.25) is 5.91 Å². The molecule has 9 heteroatoms. The Morgan fingerprint density at radius 3 is 2.46 bits per heavy atom. The molecule has 0 saturated carbocycles. The van der Waals surface area contributed by atoms with E-state index in [-0.39, 0.29) is 5.91 Å². The van der Waals surface area contributed by atoms with Crippen LogP contribution in [0.5, 0.6) is 11.5 Å². The van der Waals surface area contributed by atoms with Crippen LogP contribution in [-0.2, 0) is 4.79 Å². The lowest BCUT2D eigenvalue weighted by Gasteiger charge is -2.18. The molecular formula is C26H25FN4O3S. The van der Waals surface area contributed by atoms with Crippen LogP contribution in [0.1, 0.15) is 25.8 Å². The van der Waals surface area contributed by atoms with Crippen molar-refractivity contribution < 1.29 is 18.7 Å². The topological polar surface area (TPSA) is 78.3 Å². The summed E-state index contributed by atoms with van der Waals surface area (Å²) in [6.07, 6.45) is -0.444. The van der Waals surface area contributed by atoms with Crippen molar-refractivity contribution in [1.29, 1.82) is 0 Å². The van der Waals surface area contributed by atoms with Gasteiger partial charge in [0.25, 0.3) is 0 Å². The van der Waals surface area contributed by atoms with Crippen molar-refractivity contribution in [3.63, 3.8) is 0 Å². The molecule has 0 bridgehead atoms. The third-order valence-corrected chi connectivity index (χ3v) is 6.18. The van der Waals surface area contributed by atoms with Gasteiger partial charge >= 0.3 is 0 Å². The van der Waals surface area contributed by atoms with Crippen LogP contribution in [0.2, 0.25) is 0 Å². The highest BCUT2D eigenvalue weighted by Gasteiger charge is 2.24. The van der Waals surface area contributed by atoms with Gasteiger partial charge in [0.05, 0.1) is 12.4 Å². The first kappa shape index (κ1) is 24.3. The monoisotopic (exact) mass is 492 g/mol. The molecular weight excluding hydrogens is 467 g/mol. The molecule has 1 heterocycles. The van der Waals surface area contributed by atoms with Gasteiger partial charge in [-0.15, -0.1) is 10.2 Å². The molecule has 1 N–H and O–H groups in total. The van der Waals surface area contributed by atoms with Gasteiger partial charge in [-0.25, -0.2) is 4.39 Å². The highest BCUT2D eigenvalue weighted by atomic mass is 32.2. The first-order valence-corrected chi connectivity index (χ1v) is 11.9. The lowest BCUT2D eigenvalue weighted by Crippen LogP contribution is -2.23. The number of para-hydroxylation sites is 1. The summed E-state index contributed by atoms with van der Waals surface area (Å²) in [5.74, 6) is 1.22. The van der Waals surface area contributed by atoms with Crippen molar-refractivity contribution in [3.8, 4) is 17.2 Å². The lowest BCUT2D eigenvalue weighted by atomic mass is 10.3.